The van der Waals surface area contributed by atoms with Crippen LogP contribution >= 0.6 is 0 Å². The van der Waals surface area contributed by atoms with Crippen molar-refractivity contribution in [3.05, 3.63) is 12.2 Å². The molecule has 0 aromatic carbocycles. The maximum absolute atomic E-state index is 14.4. The van der Waals surface area contributed by atoms with E-state index in [1.165, 1.54) is 6.08 Å². The zero-order valence-corrected chi connectivity index (χ0v) is 33.8. The third-order valence-corrected chi connectivity index (χ3v) is 14.3. The van der Waals surface area contributed by atoms with E-state index in [9.17, 15) is 29.7 Å². The number of ether oxygens (including phenoxy) is 5. The van der Waals surface area contributed by atoms with Gasteiger partial charge in [-0.05, 0) is 95.6 Å². The highest BCUT2D eigenvalue weighted by Crippen LogP contribution is 2.53. The first kappa shape index (κ1) is 42.4. The van der Waals surface area contributed by atoms with Crippen LogP contribution in [0.1, 0.15) is 133 Å². The number of carbonyl (C=O) groups is 3. The van der Waals surface area contributed by atoms with Gasteiger partial charge >= 0.3 is 5.97 Å². The lowest BCUT2D eigenvalue weighted by molar-refractivity contribution is -0.378. The minimum atomic E-state index is -1.56. The van der Waals surface area contributed by atoms with Gasteiger partial charge in [-0.15, -0.1) is 0 Å². The molecule has 0 amide bonds. The monoisotopic (exact) mass is 748 g/mol. The first-order valence-corrected chi connectivity index (χ1v) is 20.6. The molecule has 3 N–H and O–H groups in total. The van der Waals surface area contributed by atoms with Crippen molar-refractivity contribution >= 4 is 17.5 Å². The predicted molar refractivity (Wildman–Crippen MR) is 198 cm³/mol. The Morgan fingerprint density at radius 3 is 2.19 bits per heavy atom. The van der Waals surface area contributed by atoms with E-state index in [0.717, 1.165) is 6.42 Å². The Morgan fingerprint density at radius 1 is 0.906 bits per heavy atom. The highest BCUT2D eigenvalue weighted by atomic mass is 16.8. The summed E-state index contributed by atoms with van der Waals surface area (Å²) in [6.07, 6.45) is 5.84. The van der Waals surface area contributed by atoms with Crippen molar-refractivity contribution in [2.45, 2.75) is 193 Å². The summed E-state index contributed by atoms with van der Waals surface area (Å²) in [5, 5.41) is 32.5. The van der Waals surface area contributed by atoms with Gasteiger partial charge in [0, 0.05) is 30.1 Å². The fraction of sp³-hybridized carbons (Fsp3) is 0.881. The highest BCUT2D eigenvalue weighted by molar-refractivity contribution is 5.97. The number of hydrogen-bond acceptors (Lipinski definition) is 10. The van der Waals surface area contributed by atoms with Gasteiger partial charge in [0.25, 0.3) is 0 Å². The second-order valence-corrected chi connectivity index (χ2v) is 17.8. The van der Waals surface area contributed by atoms with Gasteiger partial charge in [0.2, 0.25) is 11.6 Å². The SMILES string of the molecule is CCC(C(=O)[C@@H](C)[C@@H](O)[C@H](C)[C@@H]1O[C@@H]([C@@H](CC)C(=O)O)CC[C@@H]1C)[C@H]1O[C@]2(C=CC(=O)[C@]3(CC[C@@](C)([C@H]4CC[C@](O)(CC)[C@H](C)O4)O3)O2)[C@H](C)C[C@@H]1C. The molecule has 0 saturated carbocycles. The molecular formula is C42H68O11. The van der Waals surface area contributed by atoms with Crippen LogP contribution in [0.4, 0.5) is 0 Å². The largest absolute Gasteiger partial charge is 0.481 e. The first-order valence-electron chi connectivity index (χ1n) is 20.6. The van der Waals surface area contributed by atoms with E-state index in [1.54, 1.807) is 13.0 Å². The first-order chi connectivity index (χ1) is 24.8. The molecule has 0 aromatic rings. The Bertz CT molecular complexity index is 1370. The third-order valence-electron chi connectivity index (χ3n) is 14.3. The molecule has 302 valence electrons. The predicted octanol–water partition coefficient (Wildman–Crippen LogP) is 6.40. The summed E-state index contributed by atoms with van der Waals surface area (Å²) in [6, 6.07) is 0. The Balaban J connectivity index is 1.31. The minimum absolute atomic E-state index is 0.00877. The summed E-state index contributed by atoms with van der Waals surface area (Å²) in [5.74, 6) is -6.46. The summed E-state index contributed by atoms with van der Waals surface area (Å²) >= 11 is 0. The number of aliphatic carboxylic acids is 1. The molecule has 0 aliphatic carbocycles. The van der Waals surface area contributed by atoms with Crippen molar-refractivity contribution in [1.29, 1.82) is 0 Å². The van der Waals surface area contributed by atoms with Gasteiger partial charge in [0.05, 0.1) is 53.7 Å². The third kappa shape index (κ3) is 7.83. The number of aliphatic hydroxyl groups excluding tert-OH is 1. The zero-order chi connectivity index (χ0) is 39.3. The number of rotatable bonds is 12. The van der Waals surface area contributed by atoms with Gasteiger partial charge in [-0.3, -0.25) is 14.4 Å². The van der Waals surface area contributed by atoms with Crippen molar-refractivity contribution < 1.29 is 53.4 Å². The normalized spacial score (nSPS) is 44.8. The maximum atomic E-state index is 14.4. The van der Waals surface area contributed by atoms with Crippen molar-refractivity contribution in [2.24, 2.45) is 41.4 Å². The number of hydrogen-bond donors (Lipinski definition) is 3. The lowest BCUT2D eigenvalue weighted by atomic mass is 9.72. The number of aliphatic hydroxyl groups is 2. The second kappa shape index (κ2) is 16.0. The van der Waals surface area contributed by atoms with Crippen LogP contribution in [-0.4, -0.2) is 92.3 Å². The Hall–Kier alpha value is -1.73. The molecule has 0 bridgehead atoms. The molecule has 4 fully saturated rings. The van der Waals surface area contributed by atoms with Crippen LogP contribution in [0.5, 0.6) is 0 Å². The van der Waals surface area contributed by atoms with Gasteiger partial charge in [-0.1, -0.05) is 55.4 Å². The van der Waals surface area contributed by atoms with Crippen molar-refractivity contribution in [3.63, 3.8) is 0 Å². The summed E-state index contributed by atoms with van der Waals surface area (Å²) in [4.78, 5) is 40.0. The van der Waals surface area contributed by atoms with E-state index < -0.39 is 70.7 Å². The molecule has 5 aliphatic heterocycles. The molecule has 0 aromatic heterocycles. The Kier molecular flexibility index (Phi) is 12.8. The molecule has 53 heavy (non-hydrogen) atoms. The second-order valence-electron chi connectivity index (χ2n) is 17.8. The van der Waals surface area contributed by atoms with Crippen molar-refractivity contribution in [3.8, 4) is 0 Å². The number of carbonyl (C=O) groups excluding carboxylic acids is 2. The van der Waals surface area contributed by atoms with Gasteiger partial charge in [0.15, 0.2) is 5.79 Å². The van der Waals surface area contributed by atoms with Gasteiger partial charge < -0.3 is 39.0 Å². The fourth-order valence-corrected chi connectivity index (χ4v) is 10.4. The van der Waals surface area contributed by atoms with E-state index >= 15 is 0 Å². The summed E-state index contributed by atoms with van der Waals surface area (Å²) in [6.45, 7) is 19.4. The standard InChI is InChI=1S/C42H68O11/c1-11-29(38(46)47)31-15-14-23(4)36(50-31)27(8)34(44)26(7)35(45)30(12-2)37-24(5)22-25(6)41(51-37)19-16-32(43)42(53-41)21-20-39(10,52-42)33-17-18-40(48,13-3)28(9)49-33/h16,19,23-31,33-34,36-37,44,48H,11-15,17-18,20-22H2,1-10H3,(H,46,47)/t23-,24-,25+,26-,27-,28-,29+,30?,31+,33+,34+,36+,37-,39-,40+,41-,42-/m0/s1. The van der Waals surface area contributed by atoms with Crippen molar-refractivity contribution in [1.82, 2.24) is 0 Å². The van der Waals surface area contributed by atoms with Gasteiger partial charge in [-0.2, -0.15) is 0 Å². The van der Waals surface area contributed by atoms with E-state index in [1.807, 2.05) is 48.5 Å². The highest BCUT2D eigenvalue weighted by Gasteiger charge is 2.63. The molecule has 17 atom stereocenters. The van der Waals surface area contributed by atoms with Crippen LogP contribution in [0.2, 0.25) is 0 Å². The number of ketones is 2. The number of carboxylic acids is 1. The summed E-state index contributed by atoms with van der Waals surface area (Å²) in [5.41, 5.74) is -1.71. The van der Waals surface area contributed by atoms with E-state index in [0.29, 0.717) is 57.8 Å². The van der Waals surface area contributed by atoms with Crippen molar-refractivity contribution in [2.75, 3.05) is 0 Å². The molecule has 2 spiro atoms. The molecule has 4 saturated heterocycles. The average Bonchev–Trinajstić information content (AvgIpc) is 3.47. The smallest absolute Gasteiger partial charge is 0.309 e. The molecule has 5 aliphatic rings. The molecule has 0 radical (unpaired) electrons. The topological polar surface area (TPSA) is 158 Å². The van der Waals surface area contributed by atoms with Gasteiger partial charge in [-0.25, -0.2) is 0 Å². The van der Waals surface area contributed by atoms with Gasteiger partial charge in [0.1, 0.15) is 5.78 Å². The lowest BCUT2D eigenvalue weighted by Crippen LogP contribution is -2.62. The number of Topliss-reactive ketones (excluding diaryl/α,β-unsaturated/α-hetero) is 1. The Labute approximate surface area is 316 Å². The van der Waals surface area contributed by atoms with Crippen LogP contribution in [0.15, 0.2) is 12.2 Å². The Morgan fingerprint density at radius 2 is 1.58 bits per heavy atom. The fourth-order valence-electron chi connectivity index (χ4n) is 10.4. The molecule has 5 heterocycles. The van der Waals surface area contributed by atoms with Crippen LogP contribution < -0.4 is 0 Å². The van der Waals surface area contributed by atoms with E-state index in [2.05, 4.69) is 13.8 Å². The quantitative estimate of drug-likeness (QED) is 0.203. The lowest BCUT2D eigenvalue weighted by Gasteiger charge is -2.53. The molecule has 11 nitrogen and oxygen atoms in total. The molecule has 5 rings (SSSR count). The van der Waals surface area contributed by atoms with E-state index in [-0.39, 0.29) is 47.6 Å². The summed E-state index contributed by atoms with van der Waals surface area (Å²) < 4.78 is 33.2. The molecule has 1 unspecified atom stereocenters. The maximum Gasteiger partial charge on any atom is 0.309 e. The van der Waals surface area contributed by atoms with Crippen LogP contribution in [0, 0.1) is 41.4 Å². The van der Waals surface area contributed by atoms with E-state index in [4.69, 9.17) is 23.7 Å². The van der Waals surface area contributed by atoms with Crippen LogP contribution in [0.25, 0.3) is 0 Å². The zero-order valence-electron chi connectivity index (χ0n) is 33.8. The molecule has 11 heteroatoms. The number of carboxylic acid groups (broad SMARTS) is 1. The average molecular weight is 749 g/mol. The van der Waals surface area contributed by atoms with Crippen LogP contribution in [-0.2, 0) is 38.1 Å². The minimum Gasteiger partial charge on any atom is -0.481 e. The molecular weight excluding hydrogens is 680 g/mol. The van der Waals surface area contributed by atoms with Crippen LogP contribution in [0.3, 0.4) is 0 Å². The summed E-state index contributed by atoms with van der Waals surface area (Å²) in [7, 11) is 0.